The minimum Gasteiger partial charge on any atom is -0.493 e. The Hall–Kier alpha value is -1.82. The molecule has 20 heavy (non-hydrogen) atoms. The molecule has 0 radical (unpaired) electrons. The molecule has 0 amide bonds. The van der Waals surface area contributed by atoms with Gasteiger partial charge in [0, 0.05) is 21.8 Å². The average Bonchev–Trinajstić information content (AvgIpc) is 2.46. The van der Waals surface area contributed by atoms with Crippen LogP contribution in [0.3, 0.4) is 0 Å². The zero-order chi connectivity index (χ0) is 14.7. The number of nitrogen functional groups attached to an aromatic ring is 1. The molecule has 1 heterocycles. The third-order valence-corrected chi connectivity index (χ3v) is 3.53. The number of aryl methyl sites for hydroxylation is 1. The Kier molecular flexibility index (Phi) is 4.44. The molecule has 1 aromatic carbocycles. The fraction of sp³-hybridized carbons (Fsp3) is 0.286. The van der Waals surface area contributed by atoms with Crippen LogP contribution in [-0.4, -0.2) is 24.2 Å². The van der Waals surface area contributed by atoms with Crippen molar-refractivity contribution in [3.63, 3.8) is 0 Å². The molecular formula is C14H16BrN3O2. The summed E-state index contributed by atoms with van der Waals surface area (Å²) in [7, 11) is 3.18. The third-order valence-electron chi connectivity index (χ3n) is 2.88. The van der Waals surface area contributed by atoms with E-state index >= 15 is 0 Å². The molecule has 1 aromatic heterocycles. The minimum absolute atomic E-state index is 0.452. The van der Waals surface area contributed by atoms with Crippen LogP contribution in [0.2, 0.25) is 0 Å². The number of ether oxygens (including phenoxy) is 2. The molecule has 0 saturated carbocycles. The molecule has 6 heteroatoms. The molecule has 5 nitrogen and oxygen atoms in total. The second-order valence-corrected chi connectivity index (χ2v) is 5.00. The van der Waals surface area contributed by atoms with Gasteiger partial charge in [0.05, 0.1) is 14.2 Å². The Morgan fingerprint density at radius 2 is 1.75 bits per heavy atom. The van der Waals surface area contributed by atoms with Crippen LogP contribution >= 0.6 is 15.9 Å². The first-order valence-electron chi connectivity index (χ1n) is 6.14. The van der Waals surface area contributed by atoms with Gasteiger partial charge < -0.3 is 15.2 Å². The first-order chi connectivity index (χ1) is 9.58. The highest BCUT2D eigenvalue weighted by atomic mass is 79.9. The predicted octanol–water partition coefficient (Wildman–Crippen LogP) is 3.07. The summed E-state index contributed by atoms with van der Waals surface area (Å²) in [5.41, 5.74) is 7.53. The van der Waals surface area contributed by atoms with Gasteiger partial charge in [-0.2, -0.15) is 0 Å². The van der Waals surface area contributed by atoms with E-state index in [0.717, 1.165) is 22.2 Å². The molecule has 2 aromatic rings. The lowest BCUT2D eigenvalue weighted by atomic mass is 10.1. The summed E-state index contributed by atoms with van der Waals surface area (Å²) >= 11 is 3.50. The number of nitrogens with zero attached hydrogens (tertiary/aromatic N) is 2. The number of benzene rings is 1. The highest BCUT2D eigenvalue weighted by Gasteiger charge is 2.14. The molecule has 2 N–H and O–H groups in total. The van der Waals surface area contributed by atoms with Crippen molar-refractivity contribution < 1.29 is 9.47 Å². The smallest absolute Gasteiger partial charge is 0.163 e. The lowest BCUT2D eigenvalue weighted by Gasteiger charge is -2.12. The van der Waals surface area contributed by atoms with Crippen molar-refractivity contribution in [2.24, 2.45) is 0 Å². The number of rotatable bonds is 4. The topological polar surface area (TPSA) is 70.3 Å². The SMILES string of the molecule is CCc1cc(N)nc(-c2cc(OC)c(OC)cc2Br)n1. The van der Waals surface area contributed by atoms with Crippen LogP contribution in [0.4, 0.5) is 5.82 Å². The third kappa shape index (κ3) is 2.85. The molecule has 0 aliphatic rings. The van der Waals surface area contributed by atoms with Gasteiger partial charge in [-0.25, -0.2) is 9.97 Å². The Morgan fingerprint density at radius 3 is 2.35 bits per heavy atom. The lowest BCUT2D eigenvalue weighted by Crippen LogP contribution is -2.01. The van der Waals surface area contributed by atoms with Crippen LogP contribution in [0.1, 0.15) is 12.6 Å². The Morgan fingerprint density at radius 1 is 1.10 bits per heavy atom. The van der Waals surface area contributed by atoms with Crippen LogP contribution in [0.5, 0.6) is 11.5 Å². The Labute approximate surface area is 126 Å². The normalized spacial score (nSPS) is 10.4. The van der Waals surface area contributed by atoms with Crippen LogP contribution in [0.15, 0.2) is 22.7 Å². The minimum atomic E-state index is 0.452. The van der Waals surface area contributed by atoms with E-state index in [1.807, 2.05) is 19.1 Å². The molecular weight excluding hydrogens is 322 g/mol. The van der Waals surface area contributed by atoms with Crippen LogP contribution < -0.4 is 15.2 Å². The second kappa shape index (κ2) is 6.09. The fourth-order valence-corrected chi connectivity index (χ4v) is 2.35. The van der Waals surface area contributed by atoms with Crippen molar-refractivity contribution in [2.75, 3.05) is 20.0 Å². The van der Waals surface area contributed by atoms with Gasteiger partial charge in [-0.3, -0.25) is 0 Å². The largest absolute Gasteiger partial charge is 0.493 e. The number of anilines is 1. The number of aromatic nitrogens is 2. The second-order valence-electron chi connectivity index (χ2n) is 4.15. The zero-order valence-corrected chi connectivity index (χ0v) is 13.2. The summed E-state index contributed by atoms with van der Waals surface area (Å²) in [6.45, 7) is 2.02. The van der Waals surface area contributed by atoms with Gasteiger partial charge in [-0.15, -0.1) is 0 Å². The zero-order valence-electron chi connectivity index (χ0n) is 11.6. The maximum atomic E-state index is 5.83. The molecule has 0 bridgehead atoms. The summed E-state index contributed by atoms with van der Waals surface area (Å²) in [5.74, 6) is 2.28. The first-order valence-corrected chi connectivity index (χ1v) is 6.93. The highest BCUT2D eigenvalue weighted by molar-refractivity contribution is 9.10. The van der Waals surface area contributed by atoms with E-state index in [4.69, 9.17) is 15.2 Å². The fourth-order valence-electron chi connectivity index (χ4n) is 1.85. The van der Waals surface area contributed by atoms with E-state index in [0.29, 0.717) is 23.1 Å². The highest BCUT2D eigenvalue weighted by Crippen LogP contribution is 2.37. The maximum absolute atomic E-state index is 5.83. The maximum Gasteiger partial charge on any atom is 0.163 e. The van der Waals surface area contributed by atoms with Crippen molar-refractivity contribution in [3.8, 4) is 22.9 Å². The number of hydrogen-bond donors (Lipinski definition) is 1. The molecule has 0 aliphatic carbocycles. The van der Waals surface area contributed by atoms with Gasteiger partial charge in [-0.1, -0.05) is 6.92 Å². The summed E-state index contributed by atoms with van der Waals surface area (Å²) in [4.78, 5) is 8.78. The molecule has 0 aliphatic heterocycles. The van der Waals surface area contributed by atoms with Crippen molar-refractivity contribution >= 4 is 21.7 Å². The van der Waals surface area contributed by atoms with E-state index in [2.05, 4.69) is 25.9 Å². The monoisotopic (exact) mass is 337 g/mol. The van der Waals surface area contributed by atoms with Gasteiger partial charge in [-0.05, 0) is 34.5 Å². The summed E-state index contributed by atoms with van der Waals surface area (Å²) in [5, 5.41) is 0. The van der Waals surface area contributed by atoms with E-state index in [1.165, 1.54) is 0 Å². The van der Waals surface area contributed by atoms with Crippen LogP contribution in [-0.2, 0) is 6.42 Å². The lowest BCUT2D eigenvalue weighted by molar-refractivity contribution is 0.355. The van der Waals surface area contributed by atoms with Crippen LogP contribution in [0, 0.1) is 0 Å². The quantitative estimate of drug-likeness (QED) is 0.928. The Balaban J connectivity index is 2.60. The molecule has 0 spiro atoms. The standard InChI is InChI=1S/C14H16BrN3O2/c1-4-8-5-13(16)18-14(17-8)9-6-11(19-2)12(20-3)7-10(9)15/h5-7H,4H2,1-3H3,(H2,16,17,18). The van der Waals surface area contributed by atoms with E-state index < -0.39 is 0 Å². The summed E-state index contributed by atoms with van der Waals surface area (Å²) < 4.78 is 11.4. The predicted molar refractivity (Wildman–Crippen MR) is 82.1 cm³/mol. The van der Waals surface area contributed by atoms with Gasteiger partial charge in [0.25, 0.3) is 0 Å². The molecule has 0 unspecified atom stereocenters. The van der Waals surface area contributed by atoms with Crippen molar-refractivity contribution in [2.45, 2.75) is 13.3 Å². The number of methoxy groups -OCH3 is 2. The van der Waals surface area contributed by atoms with Gasteiger partial charge >= 0.3 is 0 Å². The molecule has 2 rings (SSSR count). The molecule has 0 fully saturated rings. The van der Waals surface area contributed by atoms with Gasteiger partial charge in [0.2, 0.25) is 0 Å². The number of nitrogens with two attached hydrogens (primary N) is 1. The van der Waals surface area contributed by atoms with E-state index in [9.17, 15) is 0 Å². The first kappa shape index (κ1) is 14.6. The average molecular weight is 338 g/mol. The Bertz CT molecular complexity index is 632. The van der Waals surface area contributed by atoms with Gasteiger partial charge in [0.1, 0.15) is 5.82 Å². The summed E-state index contributed by atoms with van der Waals surface area (Å²) in [6, 6.07) is 5.43. The number of halogens is 1. The van der Waals surface area contributed by atoms with Crippen molar-refractivity contribution in [1.82, 2.24) is 9.97 Å². The van der Waals surface area contributed by atoms with Crippen molar-refractivity contribution in [1.29, 1.82) is 0 Å². The van der Waals surface area contributed by atoms with Crippen LogP contribution in [0.25, 0.3) is 11.4 Å². The van der Waals surface area contributed by atoms with Crippen molar-refractivity contribution in [3.05, 3.63) is 28.4 Å². The molecule has 0 atom stereocenters. The van der Waals surface area contributed by atoms with E-state index in [-0.39, 0.29) is 0 Å². The number of hydrogen-bond acceptors (Lipinski definition) is 5. The van der Waals surface area contributed by atoms with E-state index in [1.54, 1.807) is 20.3 Å². The molecule has 106 valence electrons. The van der Waals surface area contributed by atoms with Gasteiger partial charge in [0.15, 0.2) is 17.3 Å². The molecule has 0 saturated heterocycles. The summed E-state index contributed by atoms with van der Waals surface area (Å²) in [6.07, 6.45) is 0.796.